The lowest BCUT2D eigenvalue weighted by atomic mass is 9.95. The van der Waals surface area contributed by atoms with E-state index in [1.165, 1.54) is 23.1 Å². The van der Waals surface area contributed by atoms with Crippen molar-refractivity contribution in [3.05, 3.63) is 34.9 Å². The molecule has 1 aromatic rings. The molecule has 0 aliphatic carbocycles. The summed E-state index contributed by atoms with van der Waals surface area (Å²) in [4.78, 5) is 0. The van der Waals surface area contributed by atoms with Gasteiger partial charge in [0.15, 0.2) is 0 Å². The maximum absolute atomic E-state index is 3.48. The van der Waals surface area contributed by atoms with Crippen molar-refractivity contribution in [1.29, 1.82) is 0 Å². The maximum Gasteiger partial charge on any atom is 0.00370 e. The second kappa shape index (κ2) is 4.80. The van der Waals surface area contributed by atoms with Gasteiger partial charge in [0.25, 0.3) is 0 Å². The quantitative estimate of drug-likeness (QED) is 0.696. The van der Waals surface area contributed by atoms with Crippen molar-refractivity contribution in [3.63, 3.8) is 0 Å². The summed E-state index contributed by atoms with van der Waals surface area (Å²) < 4.78 is 0. The van der Waals surface area contributed by atoms with Gasteiger partial charge in [-0.2, -0.15) is 0 Å². The van der Waals surface area contributed by atoms with E-state index in [0.29, 0.717) is 5.92 Å². The van der Waals surface area contributed by atoms with E-state index >= 15 is 0 Å². The Kier molecular flexibility index (Phi) is 3.98. The van der Waals surface area contributed by atoms with Crippen LogP contribution in [0, 0.1) is 13.8 Å². The zero-order valence-electron chi connectivity index (χ0n) is 8.60. The zero-order valence-corrected chi connectivity index (χ0v) is 10.2. The molecule has 0 amide bonds. The normalized spacial score (nSPS) is 12.9. The molecular formula is C12H17Br. The van der Waals surface area contributed by atoms with Gasteiger partial charge in [0.05, 0.1) is 0 Å². The molecule has 1 atom stereocenters. The van der Waals surface area contributed by atoms with E-state index in [4.69, 9.17) is 0 Å². The van der Waals surface area contributed by atoms with E-state index < -0.39 is 0 Å². The Bertz CT molecular complexity index is 278. The van der Waals surface area contributed by atoms with Crippen LogP contribution >= 0.6 is 15.9 Å². The average Bonchev–Trinajstić information content (AvgIpc) is 2.10. The lowest BCUT2D eigenvalue weighted by Gasteiger charge is -2.11. The third kappa shape index (κ3) is 2.84. The molecule has 72 valence electrons. The predicted octanol–water partition coefficient (Wildman–Crippen LogP) is 4.19. The molecule has 0 aliphatic rings. The number of alkyl halides is 1. The molecule has 0 aliphatic heterocycles. The van der Waals surface area contributed by atoms with Crippen LogP contribution in [0.5, 0.6) is 0 Å². The third-order valence-electron chi connectivity index (χ3n) is 2.64. The van der Waals surface area contributed by atoms with E-state index in [1.54, 1.807) is 0 Å². The number of rotatable bonds is 3. The molecule has 0 spiro atoms. The van der Waals surface area contributed by atoms with Gasteiger partial charge in [0.2, 0.25) is 0 Å². The average molecular weight is 241 g/mol. The largest absolute Gasteiger partial charge is 0.0928 e. The van der Waals surface area contributed by atoms with Crippen molar-refractivity contribution in [2.75, 3.05) is 5.33 Å². The molecule has 0 saturated carbocycles. The lowest BCUT2D eigenvalue weighted by molar-refractivity contribution is 0.743. The summed E-state index contributed by atoms with van der Waals surface area (Å²) in [6, 6.07) is 6.77. The first-order valence-corrected chi connectivity index (χ1v) is 5.90. The number of aryl methyl sites for hydroxylation is 2. The van der Waals surface area contributed by atoms with E-state index in [1.807, 2.05) is 0 Å². The monoisotopic (exact) mass is 240 g/mol. The Morgan fingerprint density at radius 3 is 2.46 bits per heavy atom. The summed E-state index contributed by atoms with van der Waals surface area (Å²) in [7, 11) is 0. The van der Waals surface area contributed by atoms with Gasteiger partial charge in [-0.25, -0.2) is 0 Å². The summed E-state index contributed by atoms with van der Waals surface area (Å²) >= 11 is 3.48. The highest BCUT2D eigenvalue weighted by Gasteiger charge is 2.04. The molecule has 0 N–H and O–H groups in total. The highest BCUT2D eigenvalue weighted by atomic mass is 79.9. The smallest absolute Gasteiger partial charge is 0.00370 e. The predicted molar refractivity (Wildman–Crippen MR) is 62.7 cm³/mol. The first kappa shape index (κ1) is 10.8. The van der Waals surface area contributed by atoms with Crippen molar-refractivity contribution >= 4 is 15.9 Å². The minimum Gasteiger partial charge on any atom is -0.0928 e. The summed E-state index contributed by atoms with van der Waals surface area (Å²) in [6.07, 6.45) is 1.21. The van der Waals surface area contributed by atoms with Gasteiger partial charge >= 0.3 is 0 Å². The van der Waals surface area contributed by atoms with Gasteiger partial charge in [-0.3, -0.25) is 0 Å². The standard InChI is InChI=1S/C12H17Br/c1-9-4-5-12(8-11(9)3)10(2)6-7-13/h4-5,8,10H,6-7H2,1-3H3. The van der Waals surface area contributed by atoms with Gasteiger partial charge in [0, 0.05) is 5.33 Å². The van der Waals surface area contributed by atoms with Crippen LogP contribution in [0.2, 0.25) is 0 Å². The van der Waals surface area contributed by atoms with Crippen LogP contribution in [-0.4, -0.2) is 5.33 Å². The Labute approximate surface area is 89.5 Å². The molecule has 0 bridgehead atoms. The van der Waals surface area contributed by atoms with Gasteiger partial charge < -0.3 is 0 Å². The van der Waals surface area contributed by atoms with Crippen LogP contribution in [0.15, 0.2) is 18.2 Å². The fourth-order valence-electron chi connectivity index (χ4n) is 1.40. The molecule has 1 heteroatoms. The van der Waals surface area contributed by atoms with Crippen LogP contribution < -0.4 is 0 Å². The van der Waals surface area contributed by atoms with Crippen LogP contribution in [0.1, 0.15) is 36.0 Å². The summed E-state index contributed by atoms with van der Waals surface area (Å²) in [5, 5.41) is 1.08. The molecule has 1 rings (SSSR count). The minimum atomic E-state index is 0.665. The number of halogens is 1. The summed E-state index contributed by atoms with van der Waals surface area (Å²) in [6.45, 7) is 6.62. The second-order valence-electron chi connectivity index (χ2n) is 3.72. The SMILES string of the molecule is Cc1ccc(C(C)CCBr)cc1C. The number of hydrogen-bond acceptors (Lipinski definition) is 0. The van der Waals surface area contributed by atoms with E-state index in [2.05, 4.69) is 54.9 Å². The van der Waals surface area contributed by atoms with E-state index in [-0.39, 0.29) is 0 Å². The molecular weight excluding hydrogens is 224 g/mol. The van der Waals surface area contributed by atoms with Crippen molar-refractivity contribution in [2.45, 2.75) is 33.1 Å². The van der Waals surface area contributed by atoms with Crippen LogP contribution in [0.25, 0.3) is 0 Å². The molecule has 1 aromatic carbocycles. The molecule has 0 aromatic heterocycles. The lowest BCUT2D eigenvalue weighted by Crippen LogP contribution is -1.95. The zero-order chi connectivity index (χ0) is 9.84. The van der Waals surface area contributed by atoms with Crippen molar-refractivity contribution in [2.24, 2.45) is 0 Å². The maximum atomic E-state index is 3.48. The fourth-order valence-corrected chi connectivity index (χ4v) is 2.09. The second-order valence-corrected chi connectivity index (χ2v) is 4.52. The molecule has 0 fully saturated rings. The van der Waals surface area contributed by atoms with Crippen molar-refractivity contribution < 1.29 is 0 Å². The van der Waals surface area contributed by atoms with Crippen molar-refractivity contribution in [1.82, 2.24) is 0 Å². The molecule has 13 heavy (non-hydrogen) atoms. The summed E-state index contributed by atoms with van der Waals surface area (Å²) in [5.41, 5.74) is 4.25. The summed E-state index contributed by atoms with van der Waals surface area (Å²) in [5.74, 6) is 0.665. The van der Waals surface area contributed by atoms with E-state index in [9.17, 15) is 0 Å². The van der Waals surface area contributed by atoms with Crippen LogP contribution in [0.3, 0.4) is 0 Å². The topological polar surface area (TPSA) is 0 Å². The van der Waals surface area contributed by atoms with E-state index in [0.717, 1.165) is 5.33 Å². The first-order chi connectivity index (χ1) is 6.15. The fraction of sp³-hybridized carbons (Fsp3) is 0.500. The number of benzene rings is 1. The molecule has 0 saturated heterocycles. The molecule has 0 heterocycles. The Morgan fingerprint density at radius 1 is 1.23 bits per heavy atom. The first-order valence-electron chi connectivity index (χ1n) is 4.78. The van der Waals surface area contributed by atoms with Gasteiger partial charge in [-0.1, -0.05) is 41.1 Å². The Hall–Kier alpha value is -0.300. The highest BCUT2D eigenvalue weighted by molar-refractivity contribution is 9.09. The number of hydrogen-bond donors (Lipinski definition) is 0. The van der Waals surface area contributed by atoms with Crippen LogP contribution in [0.4, 0.5) is 0 Å². The van der Waals surface area contributed by atoms with Gasteiger partial charge in [0.1, 0.15) is 0 Å². The molecule has 1 unspecified atom stereocenters. The minimum absolute atomic E-state index is 0.665. The Balaban J connectivity index is 2.84. The van der Waals surface area contributed by atoms with Crippen LogP contribution in [-0.2, 0) is 0 Å². The highest BCUT2D eigenvalue weighted by Crippen LogP contribution is 2.21. The van der Waals surface area contributed by atoms with Crippen molar-refractivity contribution in [3.8, 4) is 0 Å². The third-order valence-corrected chi connectivity index (χ3v) is 3.10. The molecule has 0 nitrogen and oxygen atoms in total. The van der Waals surface area contributed by atoms with Gasteiger partial charge in [-0.05, 0) is 42.9 Å². The molecule has 0 radical (unpaired) electrons. The van der Waals surface area contributed by atoms with Gasteiger partial charge in [-0.15, -0.1) is 0 Å². The Morgan fingerprint density at radius 2 is 1.92 bits per heavy atom.